The summed E-state index contributed by atoms with van der Waals surface area (Å²) in [6.45, 7) is 2.00. The minimum Gasteiger partial charge on any atom is -0.493 e. The third-order valence-corrected chi connectivity index (χ3v) is 5.85. The van der Waals surface area contributed by atoms with Crippen LogP contribution in [0.5, 0.6) is 11.5 Å². The number of amides is 1. The molecule has 182 valence electrons. The molecule has 1 aliphatic heterocycles. The number of nitrogens with zero attached hydrogens (tertiary/aromatic N) is 4. The van der Waals surface area contributed by atoms with E-state index in [0.717, 1.165) is 22.1 Å². The van der Waals surface area contributed by atoms with Crippen LogP contribution in [0.15, 0.2) is 30.6 Å². The van der Waals surface area contributed by atoms with Crippen LogP contribution in [0.25, 0.3) is 0 Å². The summed E-state index contributed by atoms with van der Waals surface area (Å²) in [4.78, 5) is 12.9. The lowest BCUT2D eigenvalue weighted by molar-refractivity contribution is -0.173. The van der Waals surface area contributed by atoms with Gasteiger partial charge in [-0.3, -0.25) is 9.48 Å². The van der Waals surface area contributed by atoms with Crippen LogP contribution in [0.3, 0.4) is 0 Å². The molecule has 1 aliphatic rings. The quantitative estimate of drug-likeness (QED) is 0.563. The number of ether oxygens (including phenoxy) is 2. The normalized spacial score (nSPS) is 17.6. The Morgan fingerprint density at radius 3 is 2.62 bits per heavy atom. The number of halogens is 3. The molecule has 0 spiro atoms. The first-order chi connectivity index (χ1) is 16.1. The summed E-state index contributed by atoms with van der Waals surface area (Å²) in [6, 6.07) is 2.30. The molecule has 3 aromatic rings. The molecule has 9 nitrogen and oxygen atoms in total. The first-order valence-electron chi connectivity index (χ1n) is 10.5. The van der Waals surface area contributed by atoms with E-state index in [2.05, 4.69) is 20.8 Å². The van der Waals surface area contributed by atoms with Crippen LogP contribution in [0, 0.1) is 6.92 Å². The number of anilines is 1. The van der Waals surface area contributed by atoms with Crippen molar-refractivity contribution in [3.8, 4) is 11.5 Å². The molecule has 0 radical (unpaired) electrons. The highest BCUT2D eigenvalue weighted by Gasteiger charge is 2.47. The summed E-state index contributed by atoms with van der Waals surface area (Å²) in [5.74, 6) is 0.333. The largest absolute Gasteiger partial charge is 0.493 e. The van der Waals surface area contributed by atoms with Gasteiger partial charge in [-0.25, -0.2) is 4.68 Å². The Balaban J connectivity index is 1.64. The number of alkyl halides is 3. The zero-order chi connectivity index (χ0) is 24.6. The zero-order valence-electron chi connectivity index (χ0n) is 19.1. The van der Waals surface area contributed by atoms with Crippen molar-refractivity contribution in [2.24, 2.45) is 7.05 Å². The number of aryl methyl sites for hydroxylation is 2. The second kappa shape index (κ2) is 8.92. The van der Waals surface area contributed by atoms with Gasteiger partial charge in [0.25, 0.3) is 5.91 Å². The summed E-state index contributed by atoms with van der Waals surface area (Å²) >= 11 is 0. The molecule has 0 saturated heterocycles. The lowest BCUT2D eigenvalue weighted by Crippen LogP contribution is -2.36. The smallest absolute Gasteiger partial charge is 0.410 e. The Labute approximate surface area is 193 Å². The molecule has 1 amide bonds. The molecule has 0 unspecified atom stereocenters. The molecule has 3 heterocycles. The topological polar surface area (TPSA) is 95.2 Å². The van der Waals surface area contributed by atoms with Crippen molar-refractivity contribution in [1.29, 1.82) is 0 Å². The van der Waals surface area contributed by atoms with Gasteiger partial charge in [-0.15, -0.1) is 0 Å². The minimum atomic E-state index is -4.56. The van der Waals surface area contributed by atoms with E-state index in [1.54, 1.807) is 36.1 Å². The minimum absolute atomic E-state index is 0.00812. The van der Waals surface area contributed by atoms with Crippen LogP contribution >= 0.6 is 0 Å². The lowest BCUT2D eigenvalue weighted by Gasteiger charge is -2.34. The third-order valence-electron chi connectivity index (χ3n) is 5.85. The molecule has 0 bridgehead atoms. The summed E-state index contributed by atoms with van der Waals surface area (Å²) in [5.41, 5.74) is 2.16. The highest BCUT2D eigenvalue weighted by atomic mass is 19.4. The van der Waals surface area contributed by atoms with Gasteiger partial charge >= 0.3 is 6.18 Å². The maximum absolute atomic E-state index is 14.0. The van der Waals surface area contributed by atoms with E-state index in [-0.39, 0.29) is 24.3 Å². The SMILES string of the molecule is COc1ccc([C@H]2C[C@H](C(F)(F)F)n3ncc(C(=O)NCc4cn(C)nc4C)c3N2)cc1OC. The number of hydrogen-bond acceptors (Lipinski definition) is 6. The van der Waals surface area contributed by atoms with E-state index in [4.69, 9.17) is 9.47 Å². The van der Waals surface area contributed by atoms with Crippen LogP contribution in [0.4, 0.5) is 19.0 Å². The van der Waals surface area contributed by atoms with E-state index in [1.807, 2.05) is 6.92 Å². The molecule has 2 atom stereocenters. The third kappa shape index (κ3) is 4.39. The molecule has 2 N–H and O–H groups in total. The van der Waals surface area contributed by atoms with Crippen molar-refractivity contribution in [2.45, 2.75) is 38.1 Å². The molecule has 2 aromatic heterocycles. The molecular weight excluding hydrogens is 453 g/mol. The molecule has 4 rings (SSSR count). The molecule has 0 aliphatic carbocycles. The van der Waals surface area contributed by atoms with Gasteiger partial charge in [0, 0.05) is 31.8 Å². The van der Waals surface area contributed by atoms with Crippen LogP contribution < -0.4 is 20.1 Å². The Kier molecular flexibility index (Phi) is 6.15. The first kappa shape index (κ1) is 23.5. The second-order valence-corrected chi connectivity index (χ2v) is 8.05. The number of hydrogen-bond donors (Lipinski definition) is 2. The van der Waals surface area contributed by atoms with E-state index in [0.29, 0.717) is 17.1 Å². The number of aromatic nitrogens is 4. The van der Waals surface area contributed by atoms with Gasteiger partial charge in [0.2, 0.25) is 0 Å². The first-order valence-corrected chi connectivity index (χ1v) is 10.5. The Morgan fingerprint density at radius 2 is 2.00 bits per heavy atom. The fourth-order valence-corrected chi connectivity index (χ4v) is 4.11. The Bertz CT molecular complexity index is 1200. The number of fused-ring (bicyclic) bond motifs is 1. The van der Waals surface area contributed by atoms with Crippen molar-refractivity contribution < 1.29 is 27.4 Å². The number of methoxy groups -OCH3 is 2. The summed E-state index contributed by atoms with van der Waals surface area (Å²) in [7, 11) is 4.70. The van der Waals surface area contributed by atoms with Crippen LogP contribution in [-0.2, 0) is 13.6 Å². The van der Waals surface area contributed by atoms with Crippen molar-refractivity contribution in [3.63, 3.8) is 0 Å². The zero-order valence-corrected chi connectivity index (χ0v) is 19.1. The molecule has 34 heavy (non-hydrogen) atoms. The monoisotopic (exact) mass is 478 g/mol. The van der Waals surface area contributed by atoms with Gasteiger partial charge in [0.1, 0.15) is 11.4 Å². The van der Waals surface area contributed by atoms with E-state index in [1.165, 1.54) is 14.2 Å². The van der Waals surface area contributed by atoms with Gasteiger partial charge in [0.15, 0.2) is 17.5 Å². The highest BCUT2D eigenvalue weighted by Crippen LogP contribution is 2.45. The van der Waals surface area contributed by atoms with Crippen molar-refractivity contribution in [1.82, 2.24) is 24.9 Å². The van der Waals surface area contributed by atoms with Crippen molar-refractivity contribution >= 4 is 11.7 Å². The summed E-state index contributed by atoms with van der Waals surface area (Å²) in [5, 5.41) is 13.9. The van der Waals surface area contributed by atoms with Gasteiger partial charge in [-0.1, -0.05) is 6.07 Å². The molecule has 0 fully saturated rings. The summed E-state index contributed by atoms with van der Waals surface area (Å²) in [6.07, 6.45) is -1.93. The predicted octanol–water partition coefficient (Wildman–Crippen LogP) is 3.53. The number of rotatable bonds is 6. The molecule has 1 aromatic carbocycles. The fourth-order valence-electron chi connectivity index (χ4n) is 4.11. The number of nitrogens with one attached hydrogen (secondary N) is 2. The van der Waals surface area contributed by atoms with Gasteiger partial charge in [-0.05, 0) is 24.6 Å². The average Bonchev–Trinajstić information content (AvgIpc) is 3.37. The molecule has 0 saturated carbocycles. The fraction of sp³-hybridized carbons (Fsp3) is 0.409. The second-order valence-electron chi connectivity index (χ2n) is 8.05. The number of carbonyl (C=O) groups excluding carboxylic acids is 1. The lowest BCUT2D eigenvalue weighted by atomic mass is 9.96. The highest BCUT2D eigenvalue weighted by molar-refractivity contribution is 5.98. The Hall–Kier alpha value is -3.70. The van der Waals surface area contributed by atoms with Gasteiger partial charge in [0.05, 0.1) is 32.2 Å². The van der Waals surface area contributed by atoms with E-state index < -0.39 is 24.2 Å². The number of benzene rings is 1. The van der Waals surface area contributed by atoms with Gasteiger partial charge in [-0.2, -0.15) is 23.4 Å². The molecular formula is C22H25F3N6O3. The Morgan fingerprint density at radius 1 is 1.26 bits per heavy atom. The predicted molar refractivity (Wildman–Crippen MR) is 117 cm³/mol. The average molecular weight is 478 g/mol. The maximum atomic E-state index is 14.0. The molecule has 12 heteroatoms. The maximum Gasteiger partial charge on any atom is 0.410 e. The van der Waals surface area contributed by atoms with Gasteiger partial charge < -0.3 is 20.1 Å². The van der Waals surface area contributed by atoms with Crippen molar-refractivity contribution in [2.75, 3.05) is 19.5 Å². The number of carbonyl (C=O) groups is 1. The van der Waals surface area contributed by atoms with E-state index in [9.17, 15) is 18.0 Å². The van der Waals surface area contributed by atoms with Crippen molar-refractivity contribution in [3.05, 3.63) is 53.0 Å². The van der Waals surface area contributed by atoms with Crippen LogP contribution in [0.1, 0.15) is 45.7 Å². The summed E-state index contributed by atoms with van der Waals surface area (Å²) < 4.78 is 54.9. The van der Waals surface area contributed by atoms with Crippen LogP contribution in [-0.4, -0.2) is 45.9 Å². The van der Waals surface area contributed by atoms with E-state index >= 15 is 0 Å². The van der Waals surface area contributed by atoms with Crippen LogP contribution in [0.2, 0.25) is 0 Å². The standard InChI is InChI=1S/C22H25F3N6O3/c1-12-14(11-30(2)29-12)9-26-21(32)15-10-27-31-19(22(23,24)25)8-16(28-20(15)31)13-5-6-17(33-3)18(7-13)34-4/h5-7,10-11,16,19,28H,8-9H2,1-4H3,(H,26,32)/t16-,19-/m1/s1.